The summed E-state index contributed by atoms with van der Waals surface area (Å²) in [6.07, 6.45) is 3.08. The van der Waals surface area contributed by atoms with E-state index in [1.165, 1.54) is 0 Å². The van der Waals surface area contributed by atoms with E-state index in [0.29, 0.717) is 30.2 Å². The topological polar surface area (TPSA) is 63.0 Å². The fraction of sp³-hybridized carbons (Fsp3) is 0.333. The van der Waals surface area contributed by atoms with Crippen LogP contribution in [-0.2, 0) is 17.8 Å². The number of rotatable bonds is 11. The Labute approximate surface area is 195 Å². The summed E-state index contributed by atoms with van der Waals surface area (Å²) < 4.78 is 10.7. The van der Waals surface area contributed by atoms with Gasteiger partial charge in [0, 0.05) is 18.2 Å². The standard InChI is InChI=1S/C27H32N2O4/c1-4-21(2)29(27(31)23-12-14-24(32-3)15-13-23)20-26(30)28(19-25-11-8-18-33-25)17-16-22-9-6-5-7-10-22/h5-15,18,21H,4,16-17,19-20H2,1-3H3. The molecule has 0 aliphatic rings. The molecule has 0 aliphatic carbocycles. The third kappa shape index (κ3) is 6.72. The van der Waals surface area contributed by atoms with E-state index in [9.17, 15) is 9.59 Å². The van der Waals surface area contributed by atoms with Gasteiger partial charge in [-0.3, -0.25) is 9.59 Å². The molecule has 0 fully saturated rings. The Kier molecular flexibility index (Phi) is 8.70. The molecule has 0 spiro atoms. The van der Waals surface area contributed by atoms with E-state index in [1.54, 1.807) is 47.4 Å². The molecule has 1 heterocycles. The number of ether oxygens (including phenoxy) is 1. The van der Waals surface area contributed by atoms with Gasteiger partial charge in [-0.05, 0) is 61.7 Å². The highest BCUT2D eigenvalue weighted by atomic mass is 16.5. The van der Waals surface area contributed by atoms with Crippen LogP contribution in [0.3, 0.4) is 0 Å². The van der Waals surface area contributed by atoms with Crippen molar-refractivity contribution in [3.63, 3.8) is 0 Å². The summed E-state index contributed by atoms with van der Waals surface area (Å²) in [5, 5.41) is 0. The van der Waals surface area contributed by atoms with Gasteiger partial charge in [0.2, 0.25) is 5.91 Å². The molecule has 2 aromatic carbocycles. The zero-order valence-corrected chi connectivity index (χ0v) is 19.6. The second-order valence-corrected chi connectivity index (χ2v) is 8.05. The van der Waals surface area contributed by atoms with Crippen LogP contribution in [0, 0.1) is 0 Å². The van der Waals surface area contributed by atoms with Gasteiger partial charge >= 0.3 is 0 Å². The molecule has 2 amide bonds. The van der Waals surface area contributed by atoms with Gasteiger partial charge in [0.05, 0.1) is 19.9 Å². The average molecular weight is 449 g/mol. The number of carbonyl (C=O) groups is 2. The number of hydrogen-bond donors (Lipinski definition) is 0. The monoisotopic (exact) mass is 448 g/mol. The molecule has 1 aromatic heterocycles. The van der Waals surface area contributed by atoms with Crippen molar-refractivity contribution in [2.75, 3.05) is 20.2 Å². The number of nitrogens with zero attached hydrogens (tertiary/aromatic N) is 2. The summed E-state index contributed by atoms with van der Waals surface area (Å²) in [6.45, 7) is 4.89. The molecule has 3 rings (SSSR count). The van der Waals surface area contributed by atoms with Crippen molar-refractivity contribution in [3.05, 3.63) is 89.9 Å². The normalized spacial score (nSPS) is 11.6. The lowest BCUT2D eigenvalue weighted by atomic mass is 10.1. The van der Waals surface area contributed by atoms with Crippen LogP contribution in [0.5, 0.6) is 5.75 Å². The van der Waals surface area contributed by atoms with Crippen molar-refractivity contribution in [1.82, 2.24) is 9.80 Å². The molecule has 0 aliphatic heterocycles. The summed E-state index contributed by atoms with van der Waals surface area (Å²) in [7, 11) is 1.59. The van der Waals surface area contributed by atoms with Crippen molar-refractivity contribution in [2.45, 2.75) is 39.3 Å². The zero-order chi connectivity index (χ0) is 23.6. The van der Waals surface area contributed by atoms with Gasteiger partial charge in [-0.2, -0.15) is 0 Å². The van der Waals surface area contributed by atoms with Crippen molar-refractivity contribution in [2.24, 2.45) is 0 Å². The lowest BCUT2D eigenvalue weighted by Crippen LogP contribution is -2.46. The van der Waals surface area contributed by atoms with Gasteiger partial charge in [-0.1, -0.05) is 37.3 Å². The molecule has 1 atom stereocenters. The first-order valence-electron chi connectivity index (χ1n) is 11.3. The molecule has 6 nitrogen and oxygen atoms in total. The van der Waals surface area contributed by atoms with E-state index < -0.39 is 0 Å². The number of furan rings is 1. The third-order valence-electron chi connectivity index (χ3n) is 5.82. The van der Waals surface area contributed by atoms with Crippen LogP contribution in [0.4, 0.5) is 0 Å². The van der Waals surface area contributed by atoms with Gasteiger partial charge in [-0.15, -0.1) is 0 Å². The van der Waals surface area contributed by atoms with E-state index >= 15 is 0 Å². The molecule has 33 heavy (non-hydrogen) atoms. The van der Waals surface area contributed by atoms with Crippen LogP contribution in [0.2, 0.25) is 0 Å². The van der Waals surface area contributed by atoms with Crippen LogP contribution in [0.15, 0.2) is 77.4 Å². The first kappa shape index (κ1) is 24.1. The van der Waals surface area contributed by atoms with E-state index in [0.717, 1.165) is 18.4 Å². The second kappa shape index (κ2) is 11.9. The van der Waals surface area contributed by atoms with Gasteiger partial charge in [0.25, 0.3) is 5.91 Å². The highest BCUT2D eigenvalue weighted by Gasteiger charge is 2.26. The molecule has 6 heteroatoms. The average Bonchev–Trinajstić information content (AvgIpc) is 3.38. The minimum Gasteiger partial charge on any atom is -0.497 e. The molecule has 174 valence electrons. The number of hydrogen-bond acceptors (Lipinski definition) is 4. The Morgan fingerprint density at radius 3 is 2.33 bits per heavy atom. The zero-order valence-electron chi connectivity index (χ0n) is 19.6. The lowest BCUT2D eigenvalue weighted by molar-refractivity contribution is -0.133. The van der Waals surface area contributed by atoms with E-state index in [2.05, 4.69) is 0 Å². The molecule has 0 radical (unpaired) electrons. The molecular formula is C27H32N2O4. The summed E-state index contributed by atoms with van der Waals surface area (Å²) >= 11 is 0. The third-order valence-corrected chi connectivity index (χ3v) is 5.82. The largest absolute Gasteiger partial charge is 0.497 e. The number of carbonyl (C=O) groups excluding carboxylic acids is 2. The fourth-order valence-corrected chi connectivity index (χ4v) is 3.58. The van der Waals surface area contributed by atoms with Gasteiger partial charge in [-0.25, -0.2) is 0 Å². The summed E-state index contributed by atoms with van der Waals surface area (Å²) in [5.74, 6) is 1.13. The smallest absolute Gasteiger partial charge is 0.254 e. The Morgan fingerprint density at radius 2 is 1.73 bits per heavy atom. The van der Waals surface area contributed by atoms with Crippen LogP contribution < -0.4 is 4.74 Å². The predicted molar refractivity (Wildman–Crippen MR) is 128 cm³/mol. The number of benzene rings is 2. The molecule has 0 saturated heterocycles. The molecular weight excluding hydrogens is 416 g/mol. The SMILES string of the molecule is CCC(C)N(CC(=O)N(CCc1ccccc1)Cc1ccco1)C(=O)c1ccc(OC)cc1. The van der Waals surface area contributed by atoms with Crippen molar-refractivity contribution in [3.8, 4) is 5.75 Å². The number of amides is 2. The van der Waals surface area contributed by atoms with Crippen LogP contribution in [0.1, 0.15) is 41.9 Å². The Bertz CT molecular complexity index is 1000. The minimum absolute atomic E-state index is 0.00929. The highest BCUT2D eigenvalue weighted by Crippen LogP contribution is 2.17. The second-order valence-electron chi connectivity index (χ2n) is 8.05. The molecule has 3 aromatic rings. The summed E-state index contributed by atoms with van der Waals surface area (Å²) in [4.78, 5) is 30.1. The van der Waals surface area contributed by atoms with Gasteiger partial charge < -0.3 is 19.0 Å². The molecule has 0 N–H and O–H groups in total. The Hall–Kier alpha value is -3.54. The Balaban J connectivity index is 1.76. The van der Waals surface area contributed by atoms with Gasteiger partial charge in [0.1, 0.15) is 18.1 Å². The van der Waals surface area contributed by atoms with Crippen LogP contribution in [0.25, 0.3) is 0 Å². The van der Waals surface area contributed by atoms with Gasteiger partial charge in [0.15, 0.2) is 0 Å². The van der Waals surface area contributed by atoms with E-state index in [1.807, 2.05) is 56.3 Å². The van der Waals surface area contributed by atoms with Crippen molar-refractivity contribution in [1.29, 1.82) is 0 Å². The summed E-state index contributed by atoms with van der Waals surface area (Å²) in [5.41, 5.74) is 1.69. The maximum atomic E-state index is 13.4. The minimum atomic E-state index is -0.165. The first-order valence-corrected chi connectivity index (χ1v) is 11.3. The van der Waals surface area contributed by atoms with Crippen LogP contribution >= 0.6 is 0 Å². The van der Waals surface area contributed by atoms with Crippen molar-refractivity contribution < 1.29 is 18.7 Å². The van der Waals surface area contributed by atoms with E-state index in [-0.39, 0.29) is 24.4 Å². The first-order chi connectivity index (χ1) is 16.0. The van der Waals surface area contributed by atoms with E-state index in [4.69, 9.17) is 9.15 Å². The number of methoxy groups -OCH3 is 1. The predicted octanol–water partition coefficient (Wildman–Crippen LogP) is 4.80. The Morgan fingerprint density at radius 1 is 1.00 bits per heavy atom. The maximum absolute atomic E-state index is 13.4. The quantitative estimate of drug-likeness (QED) is 0.423. The highest BCUT2D eigenvalue weighted by molar-refractivity contribution is 5.96. The maximum Gasteiger partial charge on any atom is 0.254 e. The summed E-state index contributed by atoms with van der Waals surface area (Å²) in [6, 6.07) is 20.6. The van der Waals surface area contributed by atoms with Crippen LogP contribution in [-0.4, -0.2) is 47.9 Å². The molecule has 1 unspecified atom stereocenters. The van der Waals surface area contributed by atoms with Crippen molar-refractivity contribution >= 4 is 11.8 Å². The molecule has 0 saturated carbocycles. The lowest BCUT2D eigenvalue weighted by Gasteiger charge is -2.31. The fourth-order valence-electron chi connectivity index (χ4n) is 3.58. The molecule has 0 bridgehead atoms.